The number of carbonyl (C=O) groups is 4. The van der Waals surface area contributed by atoms with E-state index >= 15 is 0 Å². The van der Waals surface area contributed by atoms with Crippen LogP contribution >= 0.6 is 22.7 Å². The molecule has 0 unspecified atom stereocenters. The highest BCUT2D eigenvalue weighted by molar-refractivity contribution is 7.17. The van der Waals surface area contributed by atoms with Gasteiger partial charge < -0.3 is 41.3 Å². The quantitative estimate of drug-likeness (QED) is 0.0691. The van der Waals surface area contributed by atoms with Crippen LogP contribution in [0.4, 0.5) is 11.6 Å². The molecule has 18 heteroatoms. The van der Waals surface area contributed by atoms with E-state index in [4.69, 9.17) is 0 Å². The van der Waals surface area contributed by atoms with Crippen LogP contribution < -0.4 is 21.3 Å². The summed E-state index contributed by atoms with van der Waals surface area (Å²) in [6.45, 7) is 14.0. The monoisotopic (exact) mass is 954 g/mol. The fourth-order valence-corrected chi connectivity index (χ4v) is 12.0. The van der Waals surface area contributed by atoms with Gasteiger partial charge in [-0.1, -0.05) is 13.8 Å². The molecule has 4 aromatic rings. The zero-order valence-corrected chi connectivity index (χ0v) is 41.4. The third-order valence-corrected chi connectivity index (χ3v) is 16.4. The number of hydrogen-bond acceptors (Lipinski definition) is 14. The summed E-state index contributed by atoms with van der Waals surface area (Å²) in [5.74, 6) is 0.749. The van der Waals surface area contributed by atoms with Crippen LogP contribution in [0.5, 0.6) is 0 Å². The lowest BCUT2D eigenvalue weighted by molar-refractivity contribution is 0.0561. The van der Waals surface area contributed by atoms with Gasteiger partial charge in [-0.05, 0) is 135 Å². The number of nitrogens with one attached hydrogen (secondary N) is 4. The largest absolute Gasteiger partial charge is 0.394 e. The molecular formula is C49H66N10O6S2. The van der Waals surface area contributed by atoms with E-state index in [0.717, 1.165) is 98.1 Å². The van der Waals surface area contributed by atoms with Gasteiger partial charge in [-0.2, -0.15) is 0 Å². The second kappa shape index (κ2) is 20.7. The predicted octanol–water partition coefficient (Wildman–Crippen LogP) is 7.35. The molecular weight excluding hydrogens is 889 g/mol. The Kier molecular flexibility index (Phi) is 14.9. The molecule has 0 aromatic carbocycles. The van der Waals surface area contributed by atoms with Gasteiger partial charge in [0.1, 0.15) is 23.0 Å². The van der Waals surface area contributed by atoms with Gasteiger partial charge in [0.2, 0.25) is 0 Å². The van der Waals surface area contributed by atoms with E-state index in [0.29, 0.717) is 46.1 Å². The van der Waals surface area contributed by atoms with Crippen molar-refractivity contribution < 1.29 is 29.4 Å². The Morgan fingerprint density at radius 2 is 1.07 bits per heavy atom. The standard InChI is InChI=1S/C25H33N5O3S.C24H33N5O3S/c1-4-14(3)27-20-9-13(2)19(12-26-20)22-21(25(33)30-16-5-6-17(30)8-7-16)29-24(34-22)23(32)28-15-10-18(31)11-15;1-5-14(3)26-19-10-13(2)18(11-25-19)21-20(24(32)29-16-6-7-17(29)9-8-16)28-23(33-21)22(31)27-15(4)12-30/h9,12,14-18,31H,4-8,10-11H2,1-3H3,(H,26,27)(H,28,32);10-11,14-17,30H,5-9,12H2,1-4H3,(H,25,26)(H,27,31)/t14-,15?,16?,17?,18?;14-,15-,16?,17?/m11/s1. The molecule has 4 aromatic heterocycles. The van der Waals surface area contributed by atoms with Crippen molar-refractivity contribution in [3.05, 3.63) is 57.1 Å². The number of aromatic nitrogens is 4. The molecule has 0 radical (unpaired) electrons. The van der Waals surface area contributed by atoms with Crippen molar-refractivity contribution in [2.24, 2.45) is 0 Å². The van der Waals surface area contributed by atoms with E-state index in [1.165, 1.54) is 22.7 Å². The smallest absolute Gasteiger partial charge is 0.280 e. The highest BCUT2D eigenvalue weighted by Gasteiger charge is 2.45. The molecule has 9 rings (SSSR count). The Labute approximate surface area is 401 Å². The second-order valence-corrected chi connectivity index (χ2v) is 21.3. The lowest BCUT2D eigenvalue weighted by atomic mass is 9.89. The first-order valence-corrected chi connectivity index (χ1v) is 25.8. The van der Waals surface area contributed by atoms with E-state index < -0.39 is 6.04 Å². The highest BCUT2D eigenvalue weighted by atomic mass is 32.1. The Bertz CT molecular complexity index is 2430. The number of amides is 4. The summed E-state index contributed by atoms with van der Waals surface area (Å²) in [6, 6.07) is 5.24. The van der Waals surface area contributed by atoms with Crippen molar-refractivity contribution in [2.45, 2.75) is 180 Å². The average molecular weight is 955 g/mol. The van der Waals surface area contributed by atoms with Crippen LogP contribution in [-0.4, -0.2) is 125 Å². The molecule has 0 spiro atoms. The van der Waals surface area contributed by atoms with Crippen LogP contribution in [-0.2, 0) is 0 Å². The Morgan fingerprint density at radius 3 is 1.43 bits per heavy atom. The zero-order chi connectivity index (χ0) is 47.7. The summed E-state index contributed by atoms with van der Waals surface area (Å²) in [5, 5.41) is 31.8. The van der Waals surface area contributed by atoms with Gasteiger partial charge >= 0.3 is 0 Å². The molecule has 4 aliphatic heterocycles. The average Bonchev–Trinajstić information content (AvgIpc) is 4.19. The summed E-state index contributed by atoms with van der Waals surface area (Å²) < 4.78 is 0. The maximum absolute atomic E-state index is 13.7. The third-order valence-electron chi connectivity index (χ3n) is 14.2. The molecule has 4 saturated heterocycles. The van der Waals surface area contributed by atoms with E-state index in [1.807, 2.05) is 35.8 Å². The van der Waals surface area contributed by atoms with E-state index in [-0.39, 0.29) is 76.6 Å². The normalized spacial score (nSPS) is 23.8. The maximum Gasteiger partial charge on any atom is 0.280 e. The lowest BCUT2D eigenvalue weighted by Gasteiger charge is -2.31. The minimum absolute atomic E-state index is 0.0438. The second-order valence-electron chi connectivity index (χ2n) is 19.3. The number of pyridine rings is 2. The first-order chi connectivity index (χ1) is 32.1. The molecule has 5 fully saturated rings. The molecule has 5 aliphatic rings. The van der Waals surface area contributed by atoms with Crippen LogP contribution in [0.3, 0.4) is 0 Å². The van der Waals surface area contributed by atoms with E-state index in [1.54, 1.807) is 19.3 Å². The zero-order valence-electron chi connectivity index (χ0n) is 39.7. The van der Waals surface area contributed by atoms with Gasteiger partial charge in [-0.25, -0.2) is 19.9 Å². The van der Waals surface area contributed by atoms with Crippen molar-refractivity contribution in [2.75, 3.05) is 17.2 Å². The van der Waals surface area contributed by atoms with Crippen LogP contribution in [0.2, 0.25) is 0 Å². The van der Waals surface area contributed by atoms with Gasteiger partial charge in [-0.15, -0.1) is 22.7 Å². The number of carbonyl (C=O) groups excluding carboxylic acids is 4. The third kappa shape index (κ3) is 10.4. The molecule has 6 N–H and O–H groups in total. The van der Waals surface area contributed by atoms with Crippen LogP contribution in [0.1, 0.15) is 163 Å². The first-order valence-electron chi connectivity index (χ1n) is 24.2. The lowest BCUT2D eigenvalue weighted by Crippen LogP contribution is -2.46. The number of thiazole rings is 2. The number of rotatable bonds is 15. The minimum atomic E-state index is -0.396. The summed E-state index contributed by atoms with van der Waals surface area (Å²) >= 11 is 2.46. The minimum Gasteiger partial charge on any atom is -0.394 e. The molecule has 67 heavy (non-hydrogen) atoms. The Hall–Kier alpha value is -5.04. The van der Waals surface area contributed by atoms with Crippen LogP contribution in [0, 0.1) is 13.8 Å². The molecule has 1 saturated carbocycles. The molecule has 1 aliphatic carbocycles. The van der Waals surface area contributed by atoms with Gasteiger partial charge in [0.15, 0.2) is 10.0 Å². The number of nitrogens with zero attached hydrogens (tertiary/aromatic N) is 6. The van der Waals surface area contributed by atoms with Crippen molar-refractivity contribution >= 4 is 57.9 Å². The van der Waals surface area contributed by atoms with E-state index in [2.05, 4.69) is 68.9 Å². The SMILES string of the molecule is CC[C@@H](C)Nc1cc(C)c(-c2sc(C(=O)NC3CC(O)C3)nc2C(=O)N2C3CCC2CC3)cn1.CC[C@@H](C)Nc1cc(C)c(-c2sc(C(=O)N[C@H](C)CO)nc2C(=O)N2C3CCC2CC3)cn1. The maximum atomic E-state index is 13.7. The van der Waals surface area contributed by atoms with E-state index in [9.17, 15) is 29.4 Å². The van der Waals surface area contributed by atoms with Crippen molar-refractivity contribution in [1.82, 2.24) is 40.4 Å². The number of anilines is 2. The number of aliphatic hydroxyl groups is 2. The predicted molar refractivity (Wildman–Crippen MR) is 262 cm³/mol. The molecule has 4 amide bonds. The Morgan fingerprint density at radius 1 is 0.672 bits per heavy atom. The number of fused-ring (bicyclic) bond motifs is 4. The van der Waals surface area contributed by atoms with Gasteiger partial charge in [0.25, 0.3) is 23.6 Å². The van der Waals surface area contributed by atoms with Crippen molar-refractivity contribution in [3.63, 3.8) is 0 Å². The number of aryl methyl sites for hydroxylation is 2. The summed E-state index contributed by atoms with van der Waals surface area (Å²) in [7, 11) is 0. The van der Waals surface area contributed by atoms with Gasteiger partial charge in [0.05, 0.1) is 22.5 Å². The number of hydrogen-bond donors (Lipinski definition) is 6. The molecule has 16 nitrogen and oxygen atoms in total. The van der Waals surface area contributed by atoms with Gasteiger partial charge in [0, 0.05) is 71.9 Å². The summed E-state index contributed by atoms with van der Waals surface area (Å²) in [5.41, 5.74) is 4.28. The van der Waals surface area contributed by atoms with Crippen molar-refractivity contribution in [3.8, 4) is 20.9 Å². The highest BCUT2D eigenvalue weighted by Crippen LogP contribution is 2.43. The number of aliphatic hydroxyl groups excluding tert-OH is 2. The fourth-order valence-electron chi connectivity index (χ4n) is 9.96. The first kappa shape index (κ1) is 48.4. The summed E-state index contributed by atoms with van der Waals surface area (Å²) in [6.07, 6.45) is 14.6. The molecule has 360 valence electrons. The molecule has 3 atom stereocenters. The van der Waals surface area contributed by atoms with Crippen LogP contribution in [0.15, 0.2) is 24.5 Å². The molecule has 4 bridgehead atoms. The molecule has 8 heterocycles. The van der Waals surface area contributed by atoms with Gasteiger partial charge in [-0.3, -0.25) is 19.2 Å². The topological polar surface area (TPSA) is 215 Å². The Balaban J connectivity index is 0.000000182. The van der Waals surface area contributed by atoms with Crippen molar-refractivity contribution in [1.29, 1.82) is 0 Å². The van der Waals surface area contributed by atoms with Crippen LogP contribution in [0.25, 0.3) is 20.9 Å². The summed E-state index contributed by atoms with van der Waals surface area (Å²) in [4.78, 5) is 76.7. The fraction of sp³-hybridized carbons (Fsp3) is 0.592.